The van der Waals surface area contributed by atoms with Crippen LogP contribution in [0.3, 0.4) is 0 Å². The number of carbonyl (C=O) groups is 3. The molecule has 1 aliphatic rings. The highest BCUT2D eigenvalue weighted by molar-refractivity contribution is 6.34. The van der Waals surface area contributed by atoms with Crippen molar-refractivity contribution < 1.29 is 32.3 Å². The number of imidazole rings is 1. The largest absolute Gasteiger partial charge is 0.495 e. The fraction of sp³-hybridized carbons (Fsp3) is 0.412. The predicted molar refractivity (Wildman–Crippen MR) is 184 cm³/mol. The van der Waals surface area contributed by atoms with E-state index in [4.69, 9.17) is 16.3 Å². The van der Waals surface area contributed by atoms with E-state index in [9.17, 15) is 27.6 Å². The maximum Gasteiger partial charge on any atom is 0.435 e. The van der Waals surface area contributed by atoms with Gasteiger partial charge in [-0.25, -0.2) is 14.6 Å². The molecule has 1 aliphatic heterocycles. The van der Waals surface area contributed by atoms with Gasteiger partial charge in [0.25, 0.3) is 11.8 Å². The second-order valence-electron chi connectivity index (χ2n) is 12.4. The number of nitrogens with zero attached hydrogens (tertiary/aromatic N) is 8. The Morgan fingerprint density at radius 1 is 1.04 bits per heavy atom. The lowest BCUT2D eigenvalue weighted by Crippen LogP contribution is -2.52. The van der Waals surface area contributed by atoms with Crippen LogP contribution in [0.4, 0.5) is 18.9 Å². The molecule has 1 aromatic carbocycles. The molecule has 4 heterocycles. The van der Waals surface area contributed by atoms with Crippen LogP contribution >= 0.6 is 11.6 Å². The van der Waals surface area contributed by atoms with Crippen molar-refractivity contribution in [3.05, 3.63) is 71.0 Å². The Morgan fingerprint density at radius 3 is 2.33 bits per heavy atom. The molecule has 0 aliphatic carbocycles. The van der Waals surface area contributed by atoms with Crippen LogP contribution < -0.4 is 10.1 Å². The minimum Gasteiger partial charge on any atom is -0.495 e. The molecular formula is C34H39ClF3N9O4. The summed E-state index contributed by atoms with van der Waals surface area (Å²) in [6, 6.07) is 7.42. The van der Waals surface area contributed by atoms with Crippen molar-refractivity contribution in [3.8, 4) is 22.8 Å². The highest BCUT2D eigenvalue weighted by Gasteiger charge is 2.39. The average molecular weight is 730 g/mol. The van der Waals surface area contributed by atoms with E-state index in [1.54, 1.807) is 11.0 Å². The molecule has 4 aromatic rings. The second kappa shape index (κ2) is 15.5. The number of ether oxygens (including phenoxy) is 1. The van der Waals surface area contributed by atoms with Crippen LogP contribution in [0.25, 0.3) is 17.1 Å². The number of halogens is 4. The standard InChI is InChI=1S/C34H39ClF3N9O4/c1-6-21(11-12-43(2)3)32(49)45-13-15-46(16-14-45)33(50)24-9-7-22(17-26(24)35)41-31(48)30-40-19-27(44(30)4)25-20-47(42-29(25)34(36,37)38)28-10-8-23(51-5)18-39-28/h7-10,17-21H,6,11-16H2,1-5H3,(H,41,48). The summed E-state index contributed by atoms with van der Waals surface area (Å²) < 4.78 is 49.5. The zero-order chi connectivity index (χ0) is 37.0. The number of benzene rings is 1. The van der Waals surface area contributed by atoms with E-state index in [0.29, 0.717) is 31.9 Å². The summed E-state index contributed by atoms with van der Waals surface area (Å²) in [6.45, 7) is 4.38. The molecule has 51 heavy (non-hydrogen) atoms. The molecule has 1 unspecified atom stereocenters. The van der Waals surface area contributed by atoms with Crippen molar-refractivity contribution in [2.24, 2.45) is 13.0 Å². The minimum absolute atomic E-state index is 0.00760. The van der Waals surface area contributed by atoms with Crippen LogP contribution in [0.15, 0.2) is 48.9 Å². The zero-order valence-corrected chi connectivity index (χ0v) is 29.6. The summed E-state index contributed by atoms with van der Waals surface area (Å²) in [6.07, 6.45) is 0.380. The van der Waals surface area contributed by atoms with Crippen molar-refractivity contribution in [3.63, 3.8) is 0 Å². The maximum absolute atomic E-state index is 14.1. The summed E-state index contributed by atoms with van der Waals surface area (Å²) in [5.41, 5.74) is -1.01. The number of alkyl halides is 3. The van der Waals surface area contributed by atoms with Crippen LogP contribution in [0.5, 0.6) is 5.75 Å². The first-order chi connectivity index (χ1) is 24.2. The monoisotopic (exact) mass is 729 g/mol. The third-order valence-electron chi connectivity index (χ3n) is 8.74. The number of amides is 3. The van der Waals surface area contributed by atoms with Gasteiger partial charge in [-0.3, -0.25) is 14.4 Å². The number of nitrogens with one attached hydrogen (secondary N) is 1. The topological polar surface area (TPSA) is 131 Å². The number of piperazine rings is 1. The van der Waals surface area contributed by atoms with Gasteiger partial charge in [-0.1, -0.05) is 18.5 Å². The Labute approximate surface area is 297 Å². The Balaban J connectivity index is 1.26. The van der Waals surface area contributed by atoms with E-state index < -0.39 is 17.8 Å². The number of anilines is 1. The third-order valence-corrected chi connectivity index (χ3v) is 9.06. The van der Waals surface area contributed by atoms with Gasteiger partial charge in [-0.2, -0.15) is 18.3 Å². The van der Waals surface area contributed by atoms with Crippen molar-refractivity contribution in [1.82, 2.24) is 39.0 Å². The van der Waals surface area contributed by atoms with Gasteiger partial charge in [0.15, 0.2) is 17.3 Å². The first kappa shape index (κ1) is 37.3. The lowest BCUT2D eigenvalue weighted by Gasteiger charge is -2.36. The van der Waals surface area contributed by atoms with Crippen molar-refractivity contribution in [2.45, 2.75) is 25.9 Å². The maximum atomic E-state index is 14.1. The van der Waals surface area contributed by atoms with Gasteiger partial charge >= 0.3 is 6.18 Å². The molecule has 0 radical (unpaired) electrons. The lowest BCUT2D eigenvalue weighted by molar-refractivity contribution is -0.141. The van der Waals surface area contributed by atoms with E-state index >= 15 is 0 Å². The first-order valence-corrected chi connectivity index (χ1v) is 16.6. The lowest BCUT2D eigenvalue weighted by atomic mass is 10.00. The number of rotatable bonds is 11. The van der Waals surface area contributed by atoms with E-state index in [1.807, 2.05) is 25.9 Å². The number of pyridine rings is 1. The van der Waals surface area contributed by atoms with E-state index in [-0.39, 0.29) is 56.9 Å². The third kappa shape index (κ3) is 8.34. The van der Waals surface area contributed by atoms with Crippen LogP contribution in [-0.2, 0) is 18.0 Å². The predicted octanol–water partition coefficient (Wildman–Crippen LogP) is 4.86. The van der Waals surface area contributed by atoms with E-state index in [1.165, 1.54) is 49.2 Å². The number of carbonyl (C=O) groups excluding carboxylic acids is 3. The van der Waals surface area contributed by atoms with Gasteiger partial charge < -0.3 is 29.3 Å². The van der Waals surface area contributed by atoms with Crippen LogP contribution in [0.2, 0.25) is 5.02 Å². The second-order valence-corrected chi connectivity index (χ2v) is 12.8. The molecule has 0 saturated carbocycles. The first-order valence-electron chi connectivity index (χ1n) is 16.2. The molecular weight excluding hydrogens is 691 g/mol. The van der Waals surface area contributed by atoms with Crippen LogP contribution in [0.1, 0.15) is 46.4 Å². The average Bonchev–Trinajstić information content (AvgIpc) is 3.72. The Hall–Kier alpha value is -4.96. The molecule has 272 valence electrons. The molecule has 1 fully saturated rings. The smallest absolute Gasteiger partial charge is 0.435 e. The Kier molecular flexibility index (Phi) is 11.3. The molecule has 0 bridgehead atoms. The summed E-state index contributed by atoms with van der Waals surface area (Å²) >= 11 is 6.50. The number of hydrogen-bond donors (Lipinski definition) is 1. The number of methoxy groups -OCH3 is 1. The summed E-state index contributed by atoms with van der Waals surface area (Å²) in [4.78, 5) is 53.4. The summed E-state index contributed by atoms with van der Waals surface area (Å²) in [7, 11) is 6.80. The summed E-state index contributed by atoms with van der Waals surface area (Å²) in [5, 5.41) is 6.47. The molecule has 3 aromatic heterocycles. The minimum atomic E-state index is -4.81. The molecule has 3 amide bonds. The van der Waals surface area contributed by atoms with Gasteiger partial charge in [-0.15, -0.1) is 0 Å². The van der Waals surface area contributed by atoms with Crippen molar-refractivity contribution in [2.75, 3.05) is 59.2 Å². The molecule has 5 rings (SSSR count). The Morgan fingerprint density at radius 2 is 1.75 bits per heavy atom. The highest BCUT2D eigenvalue weighted by atomic mass is 35.5. The van der Waals surface area contributed by atoms with Crippen LogP contribution in [-0.4, -0.2) is 111 Å². The van der Waals surface area contributed by atoms with Crippen molar-refractivity contribution >= 4 is 35.0 Å². The van der Waals surface area contributed by atoms with Crippen molar-refractivity contribution in [1.29, 1.82) is 0 Å². The molecule has 0 spiro atoms. The molecule has 13 nitrogen and oxygen atoms in total. The SMILES string of the molecule is CCC(CCN(C)C)C(=O)N1CCN(C(=O)c2ccc(NC(=O)c3ncc(-c4cn(-c5ccc(OC)cn5)nc4C(F)(F)F)n3C)cc2Cl)CC1. The van der Waals surface area contributed by atoms with E-state index in [0.717, 1.165) is 36.5 Å². The quantitative estimate of drug-likeness (QED) is 0.232. The highest BCUT2D eigenvalue weighted by Crippen LogP contribution is 2.37. The summed E-state index contributed by atoms with van der Waals surface area (Å²) in [5.74, 6) is -0.609. The van der Waals surface area contributed by atoms with Gasteiger partial charge in [0.2, 0.25) is 5.91 Å². The fourth-order valence-corrected chi connectivity index (χ4v) is 6.08. The molecule has 1 atom stereocenters. The normalized spacial score (nSPS) is 14.2. The van der Waals surface area contributed by atoms with Gasteiger partial charge in [-0.05, 0) is 63.8 Å². The van der Waals surface area contributed by atoms with Gasteiger partial charge in [0.05, 0.1) is 41.3 Å². The number of aromatic nitrogens is 5. The van der Waals surface area contributed by atoms with Gasteiger partial charge in [0.1, 0.15) is 5.75 Å². The fourth-order valence-electron chi connectivity index (χ4n) is 5.82. The van der Waals surface area contributed by atoms with Crippen LogP contribution in [0, 0.1) is 5.92 Å². The Bertz CT molecular complexity index is 1880. The molecule has 1 saturated heterocycles. The zero-order valence-electron chi connectivity index (χ0n) is 28.9. The van der Waals surface area contributed by atoms with E-state index in [2.05, 4.69) is 25.3 Å². The molecule has 17 heteroatoms. The molecule has 1 N–H and O–H groups in total. The number of hydrogen-bond acceptors (Lipinski definition) is 8. The van der Waals surface area contributed by atoms with Gasteiger partial charge in [0, 0.05) is 51.0 Å².